The van der Waals surface area contributed by atoms with E-state index in [2.05, 4.69) is 67.3 Å². The molecule has 0 aliphatic heterocycles. The molecule has 3 heterocycles. The van der Waals surface area contributed by atoms with Crippen LogP contribution in [0.5, 0.6) is 5.88 Å². The monoisotopic (exact) mass is 451 g/mol. The van der Waals surface area contributed by atoms with Crippen molar-refractivity contribution in [3.05, 3.63) is 83.6 Å². The van der Waals surface area contributed by atoms with Gasteiger partial charge in [0.1, 0.15) is 0 Å². The number of rotatable bonds is 5. The maximum atomic E-state index is 11.1. The maximum absolute atomic E-state index is 11.1. The number of nitrogens with zero attached hydrogens (tertiary/aromatic N) is 3. The average molecular weight is 452 g/mol. The number of carbonyl (C=O) groups excluding carboxylic acids is 1. The highest BCUT2D eigenvalue weighted by Gasteiger charge is 2.07. The van der Waals surface area contributed by atoms with E-state index >= 15 is 0 Å². The average Bonchev–Trinajstić information content (AvgIpc) is 2.85. The molecule has 0 spiro atoms. The van der Waals surface area contributed by atoms with Crippen LogP contribution in [0.3, 0.4) is 0 Å². The summed E-state index contributed by atoms with van der Waals surface area (Å²) in [5, 5.41) is 0. The third-order valence-electron chi connectivity index (χ3n) is 4.83. The van der Waals surface area contributed by atoms with Gasteiger partial charge < -0.3 is 9.47 Å². The van der Waals surface area contributed by atoms with E-state index in [4.69, 9.17) is 4.74 Å². The minimum atomic E-state index is -0.338. The molecule has 3 aromatic heterocycles. The Bertz CT molecular complexity index is 940. The lowest BCUT2D eigenvalue weighted by molar-refractivity contribution is 0.0600. The number of methoxy groups -OCH3 is 2. The molecule has 0 radical (unpaired) electrons. The van der Waals surface area contributed by atoms with Crippen LogP contribution >= 0.6 is 0 Å². The second kappa shape index (κ2) is 14.7. The van der Waals surface area contributed by atoms with Gasteiger partial charge in [0.15, 0.2) is 0 Å². The summed E-state index contributed by atoms with van der Waals surface area (Å²) in [6, 6.07) is 9.79. The Kier molecular flexibility index (Phi) is 12.4. The number of aromatic nitrogens is 3. The largest absolute Gasteiger partial charge is 0.481 e. The lowest BCUT2D eigenvalue weighted by atomic mass is 10.0. The lowest BCUT2D eigenvalue weighted by Gasteiger charge is -2.05. The molecule has 0 unspecified atom stereocenters. The van der Waals surface area contributed by atoms with Crippen LogP contribution in [0, 0.1) is 0 Å². The summed E-state index contributed by atoms with van der Waals surface area (Å²) < 4.78 is 9.53. The summed E-state index contributed by atoms with van der Waals surface area (Å²) in [7, 11) is 2.99. The third kappa shape index (κ3) is 10.3. The van der Waals surface area contributed by atoms with Crippen molar-refractivity contribution < 1.29 is 14.3 Å². The second-order valence-electron chi connectivity index (χ2n) is 8.38. The Morgan fingerprint density at radius 1 is 0.758 bits per heavy atom. The Hall–Kier alpha value is -3.28. The van der Waals surface area contributed by atoms with Crippen molar-refractivity contribution in [1.29, 1.82) is 0 Å². The molecule has 0 fully saturated rings. The van der Waals surface area contributed by atoms with Crippen molar-refractivity contribution in [3.63, 3.8) is 0 Å². The topological polar surface area (TPSA) is 74.2 Å². The summed E-state index contributed by atoms with van der Waals surface area (Å²) in [4.78, 5) is 23.2. The van der Waals surface area contributed by atoms with Gasteiger partial charge in [0.25, 0.3) is 0 Å². The lowest BCUT2D eigenvalue weighted by Crippen LogP contribution is -2.03. The van der Waals surface area contributed by atoms with Crippen LogP contribution in [-0.4, -0.2) is 35.1 Å². The molecule has 0 atom stereocenters. The van der Waals surface area contributed by atoms with Crippen LogP contribution in [0.15, 0.2) is 61.3 Å². The fourth-order valence-corrected chi connectivity index (χ4v) is 2.57. The standard InChI is InChI=1S/C10H13NO2.C9H13NO.C8H11N/c1-7(2)8-4-9(6-11-5-8)10(12)13-3;1-7(2)8-4-5-9(11-3)10-6-8;1-7(2)8-4-3-5-9-6-8/h4-7H,1-3H3;4-7H,1-3H3;3-7H,1-2H3. The van der Waals surface area contributed by atoms with Crippen LogP contribution in [0.2, 0.25) is 0 Å². The van der Waals surface area contributed by atoms with E-state index in [9.17, 15) is 4.79 Å². The summed E-state index contributed by atoms with van der Waals surface area (Å²) >= 11 is 0. The van der Waals surface area contributed by atoms with Gasteiger partial charge in [-0.25, -0.2) is 9.78 Å². The fraction of sp³-hybridized carbons (Fsp3) is 0.407. The molecule has 0 bridgehead atoms. The summed E-state index contributed by atoms with van der Waals surface area (Å²) in [5.41, 5.74) is 4.10. The van der Waals surface area contributed by atoms with Crippen molar-refractivity contribution in [2.75, 3.05) is 14.2 Å². The first kappa shape index (κ1) is 27.8. The van der Waals surface area contributed by atoms with Gasteiger partial charge in [-0.1, -0.05) is 53.7 Å². The van der Waals surface area contributed by atoms with Crippen LogP contribution in [0.1, 0.15) is 86.3 Å². The molecular weight excluding hydrogens is 414 g/mol. The molecule has 0 saturated carbocycles. The minimum absolute atomic E-state index is 0.338. The number of ether oxygens (including phenoxy) is 2. The molecule has 0 aliphatic carbocycles. The number of hydrogen-bond donors (Lipinski definition) is 0. The first-order valence-electron chi connectivity index (χ1n) is 11.1. The molecule has 0 saturated heterocycles. The van der Waals surface area contributed by atoms with E-state index in [-0.39, 0.29) is 5.97 Å². The normalized spacial score (nSPS) is 10.2. The zero-order valence-electron chi connectivity index (χ0n) is 21.1. The van der Waals surface area contributed by atoms with Gasteiger partial charge in [-0.2, -0.15) is 0 Å². The van der Waals surface area contributed by atoms with E-state index in [1.165, 1.54) is 24.4 Å². The summed E-state index contributed by atoms with van der Waals surface area (Å²) in [6.07, 6.45) is 8.83. The minimum Gasteiger partial charge on any atom is -0.481 e. The van der Waals surface area contributed by atoms with Crippen molar-refractivity contribution in [2.45, 2.75) is 59.3 Å². The van der Waals surface area contributed by atoms with Crippen molar-refractivity contribution in [2.24, 2.45) is 0 Å². The van der Waals surface area contributed by atoms with Crippen LogP contribution in [0.25, 0.3) is 0 Å². The fourth-order valence-electron chi connectivity index (χ4n) is 2.57. The second-order valence-corrected chi connectivity index (χ2v) is 8.38. The van der Waals surface area contributed by atoms with Gasteiger partial charge in [-0.3, -0.25) is 9.97 Å². The predicted molar refractivity (Wildman–Crippen MR) is 133 cm³/mol. The number of carbonyl (C=O) groups is 1. The number of esters is 1. The van der Waals surface area contributed by atoms with E-state index in [0.717, 1.165) is 5.56 Å². The van der Waals surface area contributed by atoms with Gasteiger partial charge in [-0.15, -0.1) is 0 Å². The molecule has 6 nitrogen and oxygen atoms in total. The molecule has 3 aromatic rings. The van der Waals surface area contributed by atoms with Crippen molar-refractivity contribution in [3.8, 4) is 5.88 Å². The molecular formula is C27H37N3O3. The predicted octanol–water partition coefficient (Wildman–Crippen LogP) is 6.41. The van der Waals surface area contributed by atoms with Crippen molar-refractivity contribution in [1.82, 2.24) is 15.0 Å². The molecule has 3 rings (SSSR count). The molecule has 0 aliphatic rings. The Morgan fingerprint density at radius 2 is 1.36 bits per heavy atom. The van der Waals surface area contributed by atoms with E-state index < -0.39 is 0 Å². The summed E-state index contributed by atoms with van der Waals surface area (Å²) in [6.45, 7) is 12.7. The maximum Gasteiger partial charge on any atom is 0.339 e. The first-order chi connectivity index (χ1) is 15.7. The number of hydrogen-bond acceptors (Lipinski definition) is 6. The highest BCUT2D eigenvalue weighted by molar-refractivity contribution is 5.89. The van der Waals surface area contributed by atoms with Crippen LogP contribution in [-0.2, 0) is 4.74 Å². The highest BCUT2D eigenvalue weighted by Crippen LogP contribution is 2.15. The molecule has 0 N–H and O–H groups in total. The van der Waals surface area contributed by atoms with E-state index in [1.807, 2.05) is 36.7 Å². The Balaban J connectivity index is 0.000000252. The Morgan fingerprint density at radius 3 is 1.79 bits per heavy atom. The zero-order valence-corrected chi connectivity index (χ0v) is 21.1. The first-order valence-corrected chi connectivity index (χ1v) is 11.1. The van der Waals surface area contributed by atoms with E-state index in [1.54, 1.807) is 19.5 Å². The number of pyridine rings is 3. The van der Waals surface area contributed by atoms with Gasteiger partial charge in [0.2, 0.25) is 5.88 Å². The van der Waals surface area contributed by atoms with Gasteiger partial charge in [0, 0.05) is 37.1 Å². The zero-order chi connectivity index (χ0) is 24.8. The smallest absolute Gasteiger partial charge is 0.339 e. The Labute approximate surface area is 198 Å². The summed E-state index contributed by atoms with van der Waals surface area (Å²) in [5.74, 6) is 1.84. The van der Waals surface area contributed by atoms with Gasteiger partial charge in [0.05, 0.1) is 19.8 Å². The van der Waals surface area contributed by atoms with Gasteiger partial charge >= 0.3 is 5.97 Å². The molecule has 33 heavy (non-hydrogen) atoms. The molecule has 0 aromatic carbocycles. The van der Waals surface area contributed by atoms with Crippen LogP contribution in [0.4, 0.5) is 0 Å². The quantitative estimate of drug-likeness (QED) is 0.417. The molecule has 178 valence electrons. The SMILES string of the molecule is CC(C)c1cccnc1.COC(=O)c1cncc(C(C)C)c1.COc1ccc(C(C)C)cn1. The highest BCUT2D eigenvalue weighted by atomic mass is 16.5. The van der Waals surface area contributed by atoms with Gasteiger partial charge in [-0.05, 0) is 46.6 Å². The van der Waals surface area contributed by atoms with E-state index in [0.29, 0.717) is 29.2 Å². The third-order valence-corrected chi connectivity index (χ3v) is 4.83. The molecule has 6 heteroatoms. The molecule has 0 amide bonds. The van der Waals surface area contributed by atoms with Crippen molar-refractivity contribution >= 4 is 5.97 Å². The van der Waals surface area contributed by atoms with Crippen LogP contribution < -0.4 is 4.74 Å².